The van der Waals surface area contributed by atoms with Gasteiger partial charge in [0, 0.05) is 17.2 Å². The summed E-state index contributed by atoms with van der Waals surface area (Å²) in [5, 5.41) is 12.8. The largest absolute Gasteiger partial charge is 0.496 e. The summed E-state index contributed by atoms with van der Waals surface area (Å²) in [5.74, 6) is 1.30. The molecule has 0 amide bonds. The minimum Gasteiger partial charge on any atom is -0.496 e. The van der Waals surface area contributed by atoms with Crippen molar-refractivity contribution in [1.29, 1.82) is 0 Å². The Morgan fingerprint density at radius 1 is 1.36 bits per heavy atom. The smallest absolute Gasteiger partial charge is 0.229 e. The maximum absolute atomic E-state index is 6.06. The summed E-state index contributed by atoms with van der Waals surface area (Å²) in [5.41, 5.74) is 2.35. The van der Waals surface area contributed by atoms with Gasteiger partial charge in [0.1, 0.15) is 17.8 Å². The number of hydrogen-bond donors (Lipinski definition) is 1. The van der Waals surface area contributed by atoms with Gasteiger partial charge in [-0.25, -0.2) is 4.98 Å². The molecule has 1 N–H and O–H groups in total. The number of hydrogen-bond acceptors (Lipinski definition) is 6. The first-order chi connectivity index (χ1) is 12.3. The Balaban J connectivity index is 1.75. The molecule has 2 aromatic heterocycles. The number of ether oxygens (including phenoxy) is 2. The van der Waals surface area contributed by atoms with Crippen LogP contribution in [0, 0.1) is 0 Å². The van der Waals surface area contributed by atoms with E-state index in [1.54, 1.807) is 31.8 Å². The lowest BCUT2D eigenvalue weighted by Gasteiger charge is -2.23. The molecule has 1 fully saturated rings. The number of nitrogens with zero attached hydrogens (tertiary/aromatic N) is 4. The van der Waals surface area contributed by atoms with Gasteiger partial charge in [-0.15, -0.1) is 10.2 Å². The fourth-order valence-electron chi connectivity index (χ4n) is 3.02. The molecular weight excluding hydrogens is 342 g/mol. The monoisotopic (exact) mass is 359 g/mol. The van der Waals surface area contributed by atoms with Crippen molar-refractivity contribution in [3.8, 4) is 17.0 Å². The highest BCUT2D eigenvalue weighted by Crippen LogP contribution is 2.33. The standard InChI is InChI=1S/C17H18ClN5O2/c1-24-15-7-11(18)4-5-13(15)16-14-8-19-10-23(14)17(22-21-16)20-12-3-2-6-25-9-12/h4-5,7-8,10,12H,2-3,6,9H2,1H3,(H,20,22)/t12-/m1/s1. The molecule has 3 heterocycles. The number of anilines is 1. The van der Waals surface area contributed by atoms with Crippen molar-refractivity contribution >= 4 is 23.1 Å². The van der Waals surface area contributed by atoms with Crippen molar-refractivity contribution in [2.75, 3.05) is 25.6 Å². The summed E-state index contributed by atoms with van der Waals surface area (Å²) in [6, 6.07) is 5.67. The third-order valence-corrected chi connectivity index (χ3v) is 4.50. The Bertz CT molecular complexity index is 892. The van der Waals surface area contributed by atoms with E-state index in [0.717, 1.165) is 30.5 Å². The van der Waals surface area contributed by atoms with Gasteiger partial charge in [0.2, 0.25) is 5.95 Å². The van der Waals surface area contributed by atoms with E-state index in [1.165, 1.54) is 0 Å². The Morgan fingerprint density at radius 3 is 3.08 bits per heavy atom. The zero-order chi connectivity index (χ0) is 17.2. The quantitative estimate of drug-likeness (QED) is 0.771. The van der Waals surface area contributed by atoms with Gasteiger partial charge in [-0.3, -0.25) is 4.40 Å². The summed E-state index contributed by atoms with van der Waals surface area (Å²) in [6.45, 7) is 1.49. The van der Waals surface area contributed by atoms with Crippen LogP contribution >= 0.6 is 11.6 Å². The van der Waals surface area contributed by atoms with Gasteiger partial charge in [0.05, 0.1) is 31.5 Å². The molecule has 0 saturated carbocycles. The number of imidazole rings is 1. The van der Waals surface area contributed by atoms with Crippen LogP contribution in [0.2, 0.25) is 5.02 Å². The highest BCUT2D eigenvalue weighted by atomic mass is 35.5. The van der Waals surface area contributed by atoms with Crippen molar-refractivity contribution in [2.45, 2.75) is 18.9 Å². The molecular formula is C17H18ClN5O2. The Hall–Kier alpha value is -2.38. The van der Waals surface area contributed by atoms with Gasteiger partial charge in [-0.05, 0) is 31.0 Å². The van der Waals surface area contributed by atoms with Crippen molar-refractivity contribution in [2.24, 2.45) is 0 Å². The minimum absolute atomic E-state index is 0.226. The van der Waals surface area contributed by atoms with Crippen LogP contribution in [-0.2, 0) is 4.74 Å². The lowest BCUT2D eigenvalue weighted by atomic mass is 10.1. The maximum Gasteiger partial charge on any atom is 0.229 e. The van der Waals surface area contributed by atoms with E-state index in [-0.39, 0.29) is 6.04 Å². The van der Waals surface area contributed by atoms with E-state index in [0.29, 0.717) is 29.0 Å². The number of aromatic nitrogens is 4. The lowest BCUT2D eigenvalue weighted by molar-refractivity contribution is 0.0873. The molecule has 8 heteroatoms. The molecule has 1 saturated heterocycles. The van der Waals surface area contributed by atoms with Gasteiger partial charge in [0.15, 0.2) is 0 Å². The first-order valence-electron chi connectivity index (χ1n) is 8.13. The minimum atomic E-state index is 0.226. The normalized spacial score (nSPS) is 17.6. The molecule has 7 nitrogen and oxygen atoms in total. The Morgan fingerprint density at radius 2 is 2.28 bits per heavy atom. The van der Waals surface area contributed by atoms with Crippen LogP contribution in [0.1, 0.15) is 12.8 Å². The number of nitrogens with one attached hydrogen (secondary N) is 1. The molecule has 3 aromatic rings. The fourth-order valence-corrected chi connectivity index (χ4v) is 3.19. The molecule has 0 unspecified atom stereocenters. The summed E-state index contributed by atoms with van der Waals surface area (Å²) in [7, 11) is 1.61. The molecule has 1 atom stereocenters. The number of halogens is 1. The SMILES string of the molecule is COc1cc(Cl)ccc1-c1nnc(N[C@@H]2CCCOC2)n2cncc12. The molecule has 0 radical (unpaired) electrons. The molecule has 25 heavy (non-hydrogen) atoms. The van der Waals surface area contributed by atoms with Gasteiger partial charge in [0.25, 0.3) is 0 Å². The zero-order valence-electron chi connectivity index (χ0n) is 13.8. The van der Waals surface area contributed by atoms with Crippen LogP contribution in [0.15, 0.2) is 30.7 Å². The molecule has 1 aliphatic heterocycles. The number of rotatable bonds is 4. The van der Waals surface area contributed by atoms with E-state index in [2.05, 4.69) is 20.5 Å². The van der Waals surface area contributed by atoms with Crippen molar-refractivity contribution in [3.63, 3.8) is 0 Å². The predicted molar refractivity (Wildman–Crippen MR) is 95.2 cm³/mol. The third-order valence-electron chi connectivity index (χ3n) is 4.27. The Labute approximate surface area is 149 Å². The molecule has 4 rings (SSSR count). The number of methoxy groups -OCH3 is 1. The third kappa shape index (κ3) is 3.12. The van der Waals surface area contributed by atoms with Crippen LogP contribution < -0.4 is 10.1 Å². The zero-order valence-corrected chi connectivity index (χ0v) is 14.5. The first-order valence-corrected chi connectivity index (χ1v) is 8.51. The second-order valence-electron chi connectivity index (χ2n) is 5.92. The van der Waals surface area contributed by atoms with Crippen molar-refractivity contribution in [1.82, 2.24) is 19.6 Å². The highest BCUT2D eigenvalue weighted by Gasteiger charge is 2.19. The highest BCUT2D eigenvalue weighted by molar-refractivity contribution is 6.30. The fraction of sp³-hybridized carbons (Fsp3) is 0.353. The second-order valence-corrected chi connectivity index (χ2v) is 6.36. The van der Waals surface area contributed by atoms with Crippen molar-refractivity contribution in [3.05, 3.63) is 35.7 Å². The van der Waals surface area contributed by atoms with E-state index in [1.807, 2.05) is 10.5 Å². The van der Waals surface area contributed by atoms with Gasteiger partial charge in [-0.2, -0.15) is 0 Å². The maximum atomic E-state index is 6.06. The molecule has 0 spiro atoms. The van der Waals surface area contributed by atoms with Crippen LogP contribution in [-0.4, -0.2) is 45.9 Å². The topological polar surface area (TPSA) is 73.6 Å². The predicted octanol–water partition coefficient (Wildman–Crippen LogP) is 3.04. The average molecular weight is 360 g/mol. The second kappa shape index (κ2) is 6.85. The summed E-state index contributed by atoms with van der Waals surface area (Å²) < 4.78 is 12.9. The van der Waals surface area contributed by atoms with Crippen LogP contribution in [0.4, 0.5) is 5.95 Å². The van der Waals surface area contributed by atoms with Gasteiger partial charge in [-0.1, -0.05) is 11.6 Å². The van der Waals surface area contributed by atoms with Crippen molar-refractivity contribution < 1.29 is 9.47 Å². The van der Waals surface area contributed by atoms with E-state index in [4.69, 9.17) is 21.1 Å². The molecule has 130 valence electrons. The van der Waals surface area contributed by atoms with Crippen LogP contribution in [0.3, 0.4) is 0 Å². The summed E-state index contributed by atoms with van der Waals surface area (Å²) in [4.78, 5) is 4.26. The first kappa shape index (κ1) is 16.1. The van der Waals surface area contributed by atoms with Crippen LogP contribution in [0.5, 0.6) is 5.75 Å². The number of fused-ring (bicyclic) bond motifs is 1. The van der Waals surface area contributed by atoms with E-state index >= 15 is 0 Å². The summed E-state index contributed by atoms with van der Waals surface area (Å²) >= 11 is 6.06. The lowest BCUT2D eigenvalue weighted by Crippen LogP contribution is -2.31. The Kier molecular flexibility index (Phi) is 4.42. The number of benzene rings is 1. The van der Waals surface area contributed by atoms with Gasteiger partial charge >= 0.3 is 0 Å². The van der Waals surface area contributed by atoms with Gasteiger partial charge < -0.3 is 14.8 Å². The molecule has 0 aliphatic carbocycles. The van der Waals surface area contributed by atoms with E-state index < -0.39 is 0 Å². The summed E-state index contributed by atoms with van der Waals surface area (Å²) in [6.07, 6.45) is 5.57. The molecule has 0 bridgehead atoms. The molecule has 1 aliphatic rings. The molecule has 1 aromatic carbocycles. The average Bonchev–Trinajstić information content (AvgIpc) is 3.13. The van der Waals surface area contributed by atoms with Crippen LogP contribution in [0.25, 0.3) is 16.8 Å². The van der Waals surface area contributed by atoms with E-state index in [9.17, 15) is 0 Å².